The third-order valence-corrected chi connectivity index (χ3v) is 5.95. The van der Waals surface area contributed by atoms with E-state index in [-0.39, 0.29) is 12.5 Å². The van der Waals surface area contributed by atoms with Crippen LogP contribution in [0.1, 0.15) is 17.4 Å². The highest BCUT2D eigenvalue weighted by molar-refractivity contribution is 9.10. The van der Waals surface area contributed by atoms with Crippen LogP contribution in [0.25, 0.3) is 11.3 Å². The number of ether oxygens (including phenoxy) is 1. The Morgan fingerprint density at radius 3 is 2.67 bits per heavy atom. The summed E-state index contributed by atoms with van der Waals surface area (Å²) in [6, 6.07) is 13.3. The molecule has 0 unspecified atom stereocenters. The number of anilines is 1. The molecule has 0 radical (unpaired) electrons. The number of benzene rings is 2. The molecule has 2 aromatic carbocycles. The first-order valence-corrected chi connectivity index (χ1v) is 10.4. The molecule has 4 nitrogen and oxygen atoms in total. The van der Waals surface area contributed by atoms with Gasteiger partial charge in [0.1, 0.15) is 5.75 Å². The van der Waals surface area contributed by atoms with Gasteiger partial charge < -0.3 is 4.74 Å². The molecule has 1 amide bonds. The van der Waals surface area contributed by atoms with Gasteiger partial charge in [0, 0.05) is 19.9 Å². The maximum atomic E-state index is 12.2. The van der Waals surface area contributed by atoms with Crippen LogP contribution in [0.5, 0.6) is 5.75 Å². The van der Waals surface area contributed by atoms with Crippen LogP contribution in [-0.4, -0.2) is 17.5 Å². The number of halogens is 2. The van der Waals surface area contributed by atoms with E-state index >= 15 is 0 Å². The van der Waals surface area contributed by atoms with Crippen LogP contribution in [-0.2, 0) is 11.2 Å². The number of aromatic nitrogens is 1. The van der Waals surface area contributed by atoms with Gasteiger partial charge in [-0.15, -0.1) is 11.3 Å². The molecule has 0 spiro atoms. The molecule has 0 bridgehead atoms. The fourth-order valence-electron chi connectivity index (χ4n) is 2.49. The monoisotopic (exact) mass is 464 g/mol. The fraction of sp³-hybridized carbons (Fsp3) is 0.200. The Hall–Kier alpha value is -1.89. The van der Waals surface area contributed by atoms with Gasteiger partial charge in [0.25, 0.3) is 5.91 Å². The summed E-state index contributed by atoms with van der Waals surface area (Å²) in [7, 11) is 0. The lowest BCUT2D eigenvalue weighted by Crippen LogP contribution is -2.20. The molecule has 3 rings (SSSR count). The van der Waals surface area contributed by atoms with Gasteiger partial charge >= 0.3 is 0 Å². The van der Waals surface area contributed by atoms with Crippen LogP contribution in [0.3, 0.4) is 0 Å². The van der Waals surface area contributed by atoms with E-state index in [0.29, 0.717) is 15.9 Å². The maximum Gasteiger partial charge on any atom is 0.264 e. The van der Waals surface area contributed by atoms with Gasteiger partial charge in [-0.1, -0.05) is 46.6 Å². The van der Waals surface area contributed by atoms with E-state index in [0.717, 1.165) is 32.6 Å². The van der Waals surface area contributed by atoms with Gasteiger partial charge in [0.15, 0.2) is 11.7 Å². The normalized spacial score (nSPS) is 10.7. The van der Waals surface area contributed by atoms with Crippen LogP contribution in [0.15, 0.2) is 46.9 Å². The minimum atomic E-state index is -0.249. The van der Waals surface area contributed by atoms with Gasteiger partial charge in [0.05, 0.1) is 5.69 Å². The van der Waals surface area contributed by atoms with Crippen molar-refractivity contribution in [2.75, 3.05) is 11.9 Å². The van der Waals surface area contributed by atoms with Gasteiger partial charge in [-0.05, 0) is 49.2 Å². The molecule has 7 heteroatoms. The zero-order valence-electron chi connectivity index (χ0n) is 14.9. The Bertz CT molecular complexity index is 957. The first-order valence-electron chi connectivity index (χ1n) is 8.40. The Balaban J connectivity index is 1.67. The summed E-state index contributed by atoms with van der Waals surface area (Å²) in [6.45, 7) is 3.88. The molecular formula is C20H18BrClN2O2S. The molecule has 0 atom stereocenters. The van der Waals surface area contributed by atoms with E-state index in [2.05, 4.69) is 33.2 Å². The van der Waals surface area contributed by atoms with E-state index in [9.17, 15) is 4.79 Å². The van der Waals surface area contributed by atoms with E-state index in [1.807, 2.05) is 31.2 Å². The molecule has 0 saturated carbocycles. The van der Waals surface area contributed by atoms with Crippen molar-refractivity contribution in [1.82, 2.24) is 4.98 Å². The van der Waals surface area contributed by atoms with Crippen LogP contribution < -0.4 is 10.1 Å². The maximum absolute atomic E-state index is 12.2. The van der Waals surface area contributed by atoms with E-state index < -0.39 is 0 Å². The standard InChI is InChI=1S/C20H18BrClN2O2S/c1-3-17-19(13-4-6-14(21)7-5-13)24-20(27-17)23-18(25)11-26-15-8-9-16(22)12(2)10-15/h4-10H,3,11H2,1-2H3,(H,23,24,25). The Labute approximate surface area is 175 Å². The number of aryl methyl sites for hydroxylation is 2. The number of carbonyl (C=O) groups is 1. The van der Waals surface area contributed by atoms with Crippen LogP contribution >= 0.6 is 38.9 Å². The summed E-state index contributed by atoms with van der Waals surface area (Å²) >= 11 is 10.9. The summed E-state index contributed by atoms with van der Waals surface area (Å²) in [5.74, 6) is 0.359. The van der Waals surface area contributed by atoms with Crippen molar-refractivity contribution >= 4 is 49.9 Å². The summed E-state index contributed by atoms with van der Waals surface area (Å²) in [5, 5.41) is 4.07. The number of carbonyl (C=O) groups excluding carboxylic acids is 1. The number of hydrogen-bond donors (Lipinski definition) is 1. The molecule has 1 aromatic heterocycles. The second-order valence-electron chi connectivity index (χ2n) is 5.90. The van der Waals surface area contributed by atoms with Crippen molar-refractivity contribution in [1.29, 1.82) is 0 Å². The zero-order valence-corrected chi connectivity index (χ0v) is 18.0. The summed E-state index contributed by atoms with van der Waals surface area (Å²) in [5.41, 5.74) is 2.83. The smallest absolute Gasteiger partial charge is 0.264 e. The Kier molecular flexibility index (Phi) is 6.52. The molecule has 140 valence electrons. The van der Waals surface area contributed by atoms with E-state index in [1.165, 1.54) is 11.3 Å². The first-order chi connectivity index (χ1) is 13.0. The summed E-state index contributed by atoms with van der Waals surface area (Å²) in [6.07, 6.45) is 0.847. The molecular weight excluding hydrogens is 448 g/mol. The van der Waals surface area contributed by atoms with Crippen molar-refractivity contribution in [2.45, 2.75) is 20.3 Å². The van der Waals surface area contributed by atoms with E-state index in [4.69, 9.17) is 16.3 Å². The Morgan fingerprint density at radius 2 is 2.00 bits per heavy atom. The predicted molar refractivity (Wildman–Crippen MR) is 115 cm³/mol. The van der Waals surface area contributed by atoms with Gasteiger partial charge in [-0.2, -0.15) is 0 Å². The van der Waals surface area contributed by atoms with E-state index in [1.54, 1.807) is 18.2 Å². The third kappa shape index (κ3) is 5.09. The van der Waals surface area contributed by atoms with Gasteiger partial charge in [-0.25, -0.2) is 4.98 Å². The molecule has 0 saturated heterocycles. The average Bonchev–Trinajstić information content (AvgIpc) is 3.06. The zero-order chi connectivity index (χ0) is 19.4. The summed E-state index contributed by atoms with van der Waals surface area (Å²) in [4.78, 5) is 18.0. The highest BCUT2D eigenvalue weighted by Crippen LogP contribution is 2.32. The first kappa shape index (κ1) is 19.9. The van der Waals surface area contributed by atoms with Crippen molar-refractivity contribution in [3.05, 3.63) is 62.4 Å². The van der Waals surface area contributed by atoms with Crippen molar-refractivity contribution < 1.29 is 9.53 Å². The second kappa shape index (κ2) is 8.87. The van der Waals surface area contributed by atoms with Gasteiger partial charge in [-0.3, -0.25) is 10.1 Å². The quantitative estimate of drug-likeness (QED) is 0.477. The second-order valence-corrected chi connectivity index (χ2v) is 8.31. The number of nitrogens with zero attached hydrogens (tertiary/aromatic N) is 1. The SMILES string of the molecule is CCc1sc(NC(=O)COc2ccc(Cl)c(C)c2)nc1-c1ccc(Br)cc1. The molecule has 1 heterocycles. The highest BCUT2D eigenvalue weighted by atomic mass is 79.9. The highest BCUT2D eigenvalue weighted by Gasteiger charge is 2.14. The minimum absolute atomic E-state index is 0.0876. The lowest BCUT2D eigenvalue weighted by atomic mass is 10.1. The number of rotatable bonds is 6. The molecule has 1 N–H and O–H groups in total. The van der Waals surface area contributed by atoms with Gasteiger partial charge in [0.2, 0.25) is 0 Å². The Morgan fingerprint density at radius 1 is 1.26 bits per heavy atom. The number of hydrogen-bond acceptors (Lipinski definition) is 4. The van der Waals surface area contributed by atoms with Crippen molar-refractivity contribution in [3.8, 4) is 17.0 Å². The lowest BCUT2D eigenvalue weighted by molar-refractivity contribution is -0.118. The number of nitrogens with one attached hydrogen (secondary N) is 1. The van der Waals surface area contributed by atoms with Crippen molar-refractivity contribution in [2.24, 2.45) is 0 Å². The molecule has 0 fully saturated rings. The summed E-state index contributed by atoms with van der Waals surface area (Å²) < 4.78 is 6.55. The number of thiazole rings is 1. The topological polar surface area (TPSA) is 51.2 Å². The van der Waals surface area contributed by atoms with Crippen LogP contribution in [0.4, 0.5) is 5.13 Å². The third-order valence-electron chi connectivity index (χ3n) is 3.88. The van der Waals surface area contributed by atoms with Crippen molar-refractivity contribution in [3.63, 3.8) is 0 Å². The minimum Gasteiger partial charge on any atom is -0.484 e. The molecule has 0 aliphatic carbocycles. The molecule has 27 heavy (non-hydrogen) atoms. The lowest BCUT2D eigenvalue weighted by Gasteiger charge is -2.07. The van der Waals surface area contributed by atoms with Crippen LogP contribution in [0, 0.1) is 6.92 Å². The van der Waals surface area contributed by atoms with Crippen LogP contribution in [0.2, 0.25) is 5.02 Å². The molecule has 3 aromatic rings. The predicted octanol–water partition coefficient (Wildman–Crippen LogP) is 6.11. The molecule has 0 aliphatic heterocycles. The largest absolute Gasteiger partial charge is 0.484 e. The average molecular weight is 466 g/mol. The fourth-order valence-corrected chi connectivity index (χ4v) is 3.81. The number of amides is 1. The molecule has 0 aliphatic rings.